The van der Waals surface area contributed by atoms with Crippen molar-refractivity contribution in [2.75, 3.05) is 46.4 Å². The van der Waals surface area contributed by atoms with Gasteiger partial charge in [-0.2, -0.15) is 13.2 Å². The topological polar surface area (TPSA) is 48.9 Å². The standard InChI is InChI=1S/C17H24ClF3N4O.HI/c1-22-16(23-7-6-17(19,20)21)24-12-15(25-8-10-26-11-9-25)13-2-4-14(18)5-3-13;/h2-5,15H,6-12H2,1H3,(H2,22,23,24);1H. The quantitative estimate of drug-likeness (QED) is 0.343. The molecule has 0 saturated carbocycles. The molecule has 1 saturated heterocycles. The minimum atomic E-state index is -4.19. The van der Waals surface area contributed by atoms with Crippen LogP contribution in [0, 0.1) is 0 Å². The Morgan fingerprint density at radius 3 is 2.41 bits per heavy atom. The third-order valence-corrected chi connectivity index (χ3v) is 4.38. The fourth-order valence-corrected chi connectivity index (χ4v) is 2.89. The predicted octanol–water partition coefficient (Wildman–Crippen LogP) is 3.45. The lowest BCUT2D eigenvalue weighted by atomic mass is 10.0. The summed E-state index contributed by atoms with van der Waals surface area (Å²) < 4.78 is 42.3. The highest BCUT2D eigenvalue weighted by molar-refractivity contribution is 14.0. The summed E-state index contributed by atoms with van der Waals surface area (Å²) in [5.74, 6) is 0.349. The molecule has 1 aliphatic heterocycles. The number of hydrogen-bond donors (Lipinski definition) is 2. The van der Waals surface area contributed by atoms with Gasteiger partial charge < -0.3 is 15.4 Å². The molecule has 1 aliphatic rings. The van der Waals surface area contributed by atoms with Crippen molar-refractivity contribution >= 4 is 41.5 Å². The van der Waals surface area contributed by atoms with E-state index >= 15 is 0 Å². The van der Waals surface area contributed by atoms with Gasteiger partial charge in [-0.3, -0.25) is 9.89 Å². The Bertz CT molecular complexity index is 581. The van der Waals surface area contributed by atoms with Crippen LogP contribution in [0.1, 0.15) is 18.0 Å². The van der Waals surface area contributed by atoms with Crippen molar-refractivity contribution in [1.82, 2.24) is 15.5 Å². The maximum absolute atomic E-state index is 12.3. The zero-order valence-electron chi connectivity index (χ0n) is 15.1. The SMILES string of the molecule is CN=C(NCCC(F)(F)F)NCC(c1ccc(Cl)cc1)N1CCOCC1.I. The molecule has 0 aliphatic carbocycles. The molecule has 27 heavy (non-hydrogen) atoms. The predicted molar refractivity (Wildman–Crippen MR) is 112 cm³/mol. The Hall–Kier alpha value is -0.780. The van der Waals surface area contributed by atoms with Crippen molar-refractivity contribution in [2.24, 2.45) is 4.99 Å². The smallest absolute Gasteiger partial charge is 0.379 e. The molecule has 1 unspecified atom stereocenters. The third-order valence-electron chi connectivity index (χ3n) is 4.13. The average Bonchev–Trinajstić information content (AvgIpc) is 2.61. The van der Waals surface area contributed by atoms with Crippen LogP contribution in [0.25, 0.3) is 0 Å². The second-order valence-corrected chi connectivity index (χ2v) is 6.40. The van der Waals surface area contributed by atoms with Crippen LogP contribution in [0.3, 0.4) is 0 Å². The highest BCUT2D eigenvalue weighted by atomic mass is 127. The van der Waals surface area contributed by atoms with Crippen LogP contribution in [0.2, 0.25) is 5.02 Å². The number of halogens is 5. The normalized spacial score (nSPS) is 17.1. The minimum Gasteiger partial charge on any atom is -0.379 e. The van der Waals surface area contributed by atoms with Gasteiger partial charge in [0.15, 0.2) is 5.96 Å². The summed E-state index contributed by atoms with van der Waals surface area (Å²) in [5, 5.41) is 6.48. The van der Waals surface area contributed by atoms with Gasteiger partial charge in [-0.25, -0.2) is 0 Å². The highest BCUT2D eigenvalue weighted by Crippen LogP contribution is 2.23. The fraction of sp³-hybridized carbons (Fsp3) is 0.588. The third kappa shape index (κ3) is 8.84. The van der Waals surface area contributed by atoms with Gasteiger partial charge in [0.1, 0.15) is 0 Å². The van der Waals surface area contributed by atoms with Gasteiger partial charge in [-0.1, -0.05) is 23.7 Å². The van der Waals surface area contributed by atoms with E-state index in [-0.39, 0.29) is 36.6 Å². The fourth-order valence-electron chi connectivity index (χ4n) is 2.77. The summed E-state index contributed by atoms with van der Waals surface area (Å²) in [6.07, 6.45) is -5.09. The van der Waals surface area contributed by atoms with Crippen molar-refractivity contribution in [3.05, 3.63) is 34.9 Å². The molecule has 1 heterocycles. The summed E-state index contributed by atoms with van der Waals surface area (Å²) >= 11 is 5.98. The molecule has 1 aromatic rings. The second kappa shape index (κ2) is 11.9. The van der Waals surface area contributed by atoms with Crippen LogP contribution in [-0.4, -0.2) is 63.5 Å². The number of aliphatic imine (C=N–C) groups is 1. The Morgan fingerprint density at radius 1 is 1.22 bits per heavy atom. The number of nitrogens with zero attached hydrogens (tertiary/aromatic N) is 2. The van der Waals surface area contributed by atoms with Crippen LogP contribution in [-0.2, 0) is 4.74 Å². The van der Waals surface area contributed by atoms with Crippen LogP contribution >= 0.6 is 35.6 Å². The number of ether oxygens (including phenoxy) is 1. The molecule has 2 rings (SSSR count). The van der Waals surface area contributed by atoms with Crippen LogP contribution in [0.15, 0.2) is 29.3 Å². The van der Waals surface area contributed by atoms with Gasteiger partial charge in [0.05, 0.1) is 25.7 Å². The van der Waals surface area contributed by atoms with E-state index in [2.05, 4.69) is 20.5 Å². The van der Waals surface area contributed by atoms with Crippen molar-refractivity contribution in [3.63, 3.8) is 0 Å². The lowest BCUT2D eigenvalue weighted by Gasteiger charge is -2.35. The van der Waals surface area contributed by atoms with Crippen LogP contribution < -0.4 is 10.6 Å². The van der Waals surface area contributed by atoms with E-state index in [1.54, 1.807) is 0 Å². The zero-order chi connectivity index (χ0) is 19.0. The Balaban J connectivity index is 0.00000364. The van der Waals surface area contributed by atoms with Crippen molar-refractivity contribution < 1.29 is 17.9 Å². The van der Waals surface area contributed by atoms with E-state index < -0.39 is 12.6 Å². The highest BCUT2D eigenvalue weighted by Gasteiger charge is 2.26. The molecule has 0 radical (unpaired) electrons. The van der Waals surface area contributed by atoms with E-state index in [9.17, 15) is 13.2 Å². The molecule has 1 aromatic carbocycles. The number of nitrogens with one attached hydrogen (secondary N) is 2. The van der Waals surface area contributed by atoms with E-state index in [1.165, 1.54) is 7.05 Å². The van der Waals surface area contributed by atoms with Gasteiger partial charge in [0.2, 0.25) is 0 Å². The van der Waals surface area contributed by atoms with Crippen molar-refractivity contribution in [3.8, 4) is 0 Å². The second-order valence-electron chi connectivity index (χ2n) is 5.96. The molecule has 0 aromatic heterocycles. The first kappa shape index (κ1) is 24.3. The lowest BCUT2D eigenvalue weighted by Crippen LogP contribution is -2.46. The molecule has 5 nitrogen and oxygen atoms in total. The molecule has 2 N–H and O–H groups in total. The van der Waals surface area contributed by atoms with E-state index in [0.717, 1.165) is 18.7 Å². The summed E-state index contributed by atoms with van der Waals surface area (Å²) in [5.41, 5.74) is 1.08. The Labute approximate surface area is 179 Å². The first-order valence-electron chi connectivity index (χ1n) is 8.47. The maximum atomic E-state index is 12.3. The Morgan fingerprint density at radius 2 is 1.85 bits per heavy atom. The van der Waals surface area contributed by atoms with Gasteiger partial charge in [-0.05, 0) is 17.7 Å². The van der Waals surface area contributed by atoms with E-state index in [1.807, 2.05) is 24.3 Å². The van der Waals surface area contributed by atoms with Crippen molar-refractivity contribution in [1.29, 1.82) is 0 Å². The molecule has 1 atom stereocenters. The summed E-state index contributed by atoms with van der Waals surface area (Å²) in [6.45, 7) is 3.18. The number of rotatable bonds is 6. The van der Waals surface area contributed by atoms with Crippen molar-refractivity contribution in [2.45, 2.75) is 18.6 Å². The van der Waals surface area contributed by atoms with E-state index in [0.29, 0.717) is 30.7 Å². The van der Waals surface area contributed by atoms with Gasteiger partial charge in [0.25, 0.3) is 0 Å². The minimum absolute atomic E-state index is 0. The molecule has 0 amide bonds. The summed E-state index contributed by atoms with van der Waals surface area (Å²) in [6, 6.07) is 7.63. The van der Waals surface area contributed by atoms with Crippen LogP contribution in [0.5, 0.6) is 0 Å². The van der Waals surface area contributed by atoms with Gasteiger partial charge in [0, 0.05) is 38.2 Å². The zero-order valence-corrected chi connectivity index (χ0v) is 18.1. The molecular formula is C17H25ClF3IN4O. The molecule has 1 fully saturated rings. The molecule has 0 bridgehead atoms. The summed E-state index contributed by atoms with van der Waals surface area (Å²) in [7, 11) is 1.54. The molecule has 10 heteroatoms. The average molecular weight is 521 g/mol. The van der Waals surface area contributed by atoms with Crippen LogP contribution in [0.4, 0.5) is 13.2 Å². The van der Waals surface area contributed by atoms with E-state index in [4.69, 9.17) is 16.3 Å². The maximum Gasteiger partial charge on any atom is 0.390 e. The monoisotopic (exact) mass is 520 g/mol. The number of hydrogen-bond acceptors (Lipinski definition) is 3. The lowest BCUT2D eigenvalue weighted by molar-refractivity contribution is -0.132. The number of alkyl halides is 3. The Kier molecular flexibility index (Phi) is 10.7. The summed E-state index contributed by atoms with van der Waals surface area (Å²) in [4.78, 5) is 6.28. The number of benzene rings is 1. The number of morpholine rings is 1. The molecule has 0 spiro atoms. The molecule has 154 valence electrons. The first-order chi connectivity index (χ1) is 12.4. The number of guanidine groups is 1. The van der Waals surface area contributed by atoms with Gasteiger partial charge >= 0.3 is 6.18 Å². The van der Waals surface area contributed by atoms with Gasteiger partial charge in [-0.15, -0.1) is 24.0 Å². The first-order valence-corrected chi connectivity index (χ1v) is 8.85. The largest absolute Gasteiger partial charge is 0.390 e. The molecular weight excluding hydrogens is 496 g/mol.